The average molecular weight is 383 g/mol. The maximum atomic E-state index is 12.2. The minimum atomic E-state index is 0.118. The first kappa shape index (κ1) is 19.9. The molecule has 1 saturated heterocycles. The van der Waals surface area contributed by atoms with Crippen molar-refractivity contribution >= 4 is 35.2 Å². The second-order valence-corrected chi connectivity index (χ2v) is 7.47. The van der Waals surface area contributed by atoms with Crippen molar-refractivity contribution in [1.82, 2.24) is 15.5 Å². The van der Waals surface area contributed by atoms with E-state index >= 15 is 0 Å². The number of amides is 1. The Bertz CT molecular complexity index is 559. The van der Waals surface area contributed by atoms with E-state index in [2.05, 4.69) is 15.6 Å². The van der Waals surface area contributed by atoms with Gasteiger partial charge in [-0.15, -0.1) is 11.8 Å². The van der Waals surface area contributed by atoms with Crippen molar-refractivity contribution in [2.45, 2.75) is 31.1 Å². The van der Waals surface area contributed by atoms with Gasteiger partial charge in [-0.05, 0) is 50.5 Å². The van der Waals surface area contributed by atoms with E-state index in [-0.39, 0.29) is 12.5 Å². The Hall–Kier alpha value is -1.40. The third kappa shape index (κ3) is 7.57. The highest BCUT2D eigenvalue weighted by molar-refractivity contribution is 7.99. The molecule has 1 heterocycles. The molecule has 1 aliphatic heterocycles. The van der Waals surface area contributed by atoms with Crippen LogP contribution in [0.15, 0.2) is 34.2 Å². The quantitative estimate of drug-likeness (QED) is 0.329. The summed E-state index contributed by atoms with van der Waals surface area (Å²) in [5, 5.41) is 7.22. The number of thioether (sulfide) groups is 1. The molecule has 0 aliphatic carbocycles. The molecule has 7 heteroatoms. The fourth-order valence-electron chi connectivity index (χ4n) is 2.60. The fourth-order valence-corrected chi connectivity index (χ4v) is 3.50. The normalized spacial score (nSPS) is 15.1. The molecular weight excluding hydrogens is 356 g/mol. The van der Waals surface area contributed by atoms with E-state index in [0.29, 0.717) is 5.96 Å². The zero-order valence-corrected chi connectivity index (χ0v) is 16.3. The highest BCUT2D eigenvalue weighted by Gasteiger charge is 2.15. The van der Waals surface area contributed by atoms with Crippen LogP contribution in [0.1, 0.15) is 26.2 Å². The summed E-state index contributed by atoms with van der Waals surface area (Å²) in [6.07, 6.45) is 3.44. The van der Waals surface area contributed by atoms with Crippen LogP contribution in [-0.2, 0) is 4.79 Å². The highest BCUT2D eigenvalue weighted by Crippen LogP contribution is 2.19. The van der Waals surface area contributed by atoms with Crippen molar-refractivity contribution in [2.75, 3.05) is 38.5 Å². The second-order valence-electron chi connectivity index (χ2n) is 5.87. The predicted octanol–water partition coefficient (Wildman–Crippen LogP) is 3.00. The molecular formula is C18H27ClN4OS. The molecule has 1 aliphatic rings. The van der Waals surface area contributed by atoms with Crippen LogP contribution < -0.4 is 10.6 Å². The molecule has 1 fully saturated rings. The molecule has 0 radical (unpaired) electrons. The van der Waals surface area contributed by atoms with Crippen molar-refractivity contribution in [2.24, 2.45) is 4.99 Å². The molecule has 0 aromatic heterocycles. The smallest absolute Gasteiger partial charge is 0.244 e. The Morgan fingerprint density at radius 2 is 1.92 bits per heavy atom. The minimum absolute atomic E-state index is 0.118. The Kier molecular flexibility index (Phi) is 8.97. The molecule has 5 nitrogen and oxygen atoms in total. The summed E-state index contributed by atoms with van der Waals surface area (Å²) in [5.74, 6) is 1.73. The SMILES string of the molecule is CCNC(=NCC(=O)N1CCCCC1)NCCSc1ccc(Cl)cc1. The number of benzene rings is 1. The standard InChI is InChI=1S/C18H27ClN4OS/c1-2-20-18(22-14-17(24)23-11-4-3-5-12-23)21-10-13-25-16-8-6-15(19)7-9-16/h6-9H,2-5,10-14H2,1H3,(H2,20,21,22). The van der Waals surface area contributed by atoms with E-state index in [1.54, 1.807) is 11.8 Å². The van der Waals surface area contributed by atoms with Gasteiger partial charge in [-0.25, -0.2) is 4.99 Å². The number of piperidine rings is 1. The van der Waals surface area contributed by atoms with E-state index < -0.39 is 0 Å². The van der Waals surface area contributed by atoms with Gasteiger partial charge < -0.3 is 15.5 Å². The molecule has 138 valence electrons. The molecule has 0 unspecified atom stereocenters. The first-order valence-corrected chi connectivity index (χ1v) is 10.2. The lowest BCUT2D eigenvalue weighted by atomic mass is 10.1. The Labute approximate surface area is 159 Å². The molecule has 1 aromatic carbocycles. The van der Waals surface area contributed by atoms with Crippen molar-refractivity contribution in [3.05, 3.63) is 29.3 Å². The number of halogens is 1. The van der Waals surface area contributed by atoms with E-state index in [9.17, 15) is 4.79 Å². The second kappa shape index (κ2) is 11.3. The van der Waals surface area contributed by atoms with Gasteiger partial charge in [0.2, 0.25) is 5.91 Å². The summed E-state index contributed by atoms with van der Waals surface area (Å²) >= 11 is 7.65. The Morgan fingerprint density at radius 3 is 2.60 bits per heavy atom. The van der Waals surface area contributed by atoms with Crippen LogP contribution >= 0.6 is 23.4 Å². The topological polar surface area (TPSA) is 56.7 Å². The van der Waals surface area contributed by atoms with Crippen LogP contribution in [0.5, 0.6) is 0 Å². The number of carbonyl (C=O) groups excluding carboxylic acids is 1. The Morgan fingerprint density at radius 1 is 1.20 bits per heavy atom. The summed E-state index contributed by atoms with van der Waals surface area (Å²) in [6.45, 7) is 5.52. The highest BCUT2D eigenvalue weighted by atomic mass is 35.5. The van der Waals surface area contributed by atoms with E-state index in [1.165, 1.54) is 11.3 Å². The van der Waals surface area contributed by atoms with Crippen LogP contribution in [0.2, 0.25) is 5.02 Å². The number of nitrogens with zero attached hydrogens (tertiary/aromatic N) is 2. The number of carbonyl (C=O) groups is 1. The lowest BCUT2D eigenvalue weighted by Gasteiger charge is -2.26. The van der Waals surface area contributed by atoms with Gasteiger partial charge in [-0.3, -0.25) is 4.79 Å². The monoisotopic (exact) mass is 382 g/mol. The van der Waals surface area contributed by atoms with Gasteiger partial charge in [-0.1, -0.05) is 11.6 Å². The summed E-state index contributed by atoms with van der Waals surface area (Å²) in [4.78, 5) is 19.7. The van der Waals surface area contributed by atoms with Crippen molar-refractivity contribution in [1.29, 1.82) is 0 Å². The molecule has 1 aromatic rings. The summed E-state index contributed by atoms with van der Waals surface area (Å²) in [6, 6.07) is 7.83. The third-order valence-corrected chi connectivity index (χ3v) is 5.17. The first-order chi connectivity index (χ1) is 12.2. The largest absolute Gasteiger partial charge is 0.357 e. The summed E-state index contributed by atoms with van der Waals surface area (Å²) in [7, 11) is 0. The van der Waals surface area contributed by atoms with Gasteiger partial charge in [0, 0.05) is 41.8 Å². The number of hydrogen-bond acceptors (Lipinski definition) is 3. The van der Waals surface area contributed by atoms with Crippen LogP contribution in [0.4, 0.5) is 0 Å². The Balaban J connectivity index is 1.73. The van der Waals surface area contributed by atoms with E-state index in [4.69, 9.17) is 11.6 Å². The number of likely N-dealkylation sites (tertiary alicyclic amines) is 1. The molecule has 0 atom stereocenters. The molecule has 2 rings (SSSR count). The maximum absolute atomic E-state index is 12.2. The van der Waals surface area contributed by atoms with Gasteiger partial charge in [0.25, 0.3) is 0 Å². The maximum Gasteiger partial charge on any atom is 0.244 e. The molecule has 0 saturated carbocycles. The van der Waals surface area contributed by atoms with E-state index in [1.807, 2.05) is 36.1 Å². The average Bonchev–Trinajstić information content (AvgIpc) is 2.65. The van der Waals surface area contributed by atoms with Gasteiger partial charge in [0.1, 0.15) is 6.54 Å². The fraction of sp³-hybridized carbons (Fsp3) is 0.556. The van der Waals surface area contributed by atoms with Gasteiger partial charge >= 0.3 is 0 Å². The van der Waals surface area contributed by atoms with Crippen molar-refractivity contribution in [3.63, 3.8) is 0 Å². The van der Waals surface area contributed by atoms with Gasteiger partial charge in [0.05, 0.1) is 0 Å². The summed E-state index contributed by atoms with van der Waals surface area (Å²) < 4.78 is 0. The lowest BCUT2D eigenvalue weighted by Crippen LogP contribution is -2.41. The van der Waals surface area contributed by atoms with Crippen LogP contribution in [0.3, 0.4) is 0 Å². The van der Waals surface area contributed by atoms with Crippen molar-refractivity contribution in [3.8, 4) is 0 Å². The van der Waals surface area contributed by atoms with Crippen LogP contribution in [0.25, 0.3) is 0 Å². The number of rotatable bonds is 7. The molecule has 0 spiro atoms. The molecule has 1 amide bonds. The zero-order chi connectivity index (χ0) is 17.9. The number of aliphatic imine (C=N–C) groups is 1. The number of nitrogens with one attached hydrogen (secondary N) is 2. The van der Waals surface area contributed by atoms with Crippen molar-refractivity contribution < 1.29 is 4.79 Å². The van der Waals surface area contributed by atoms with Crippen LogP contribution in [-0.4, -0.2) is 55.2 Å². The van der Waals surface area contributed by atoms with Crippen LogP contribution in [0, 0.1) is 0 Å². The lowest BCUT2D eigenvalue weighted by molar-refractivity contribution is -0.130. The number of hydrogen-bond donors (Lipinski definition) is 2. The first-order valence-electron chi connectivity index (χ1n) is 8.87. The van der Waals surface area contributed by atoms with Gasteiger partial charge in [-0.2, -0.15) is 0 Å². The third-order valence-electron chi connectivity index (χ3n) is 3.90. The molecule has 25 heavy (non-hydrogen) atoms. The summed E-state index contributed by atoms with van der Waals surface area (Å²) in [5.41, 5.74) is 0. The van der Waals surface area contributed by atoms with E-state index in [0.717, 1.165) is 49.8 Å². The zero-order valence-electron chi connectivity index (χ0n) is 14.8. The minimum Gasteiger partial charge on any atom is -0.357 e. The predicted molar refractivity (Wildman–Crippen MR) is 107 cm³/mol. The number of guanidine groups is 1. The molecule has 0 bridgehead atoms. The molecule has 2 N–H and O–H groups in total. The van der Waals surface area contributed by atoms with Gasteiger partial charge in [0.15, 0.2) is 5.96 Å².